The van der Waals surface area contributed by atoms with Crippen LogP contribution in [0.15, 0.2) is 18.2 Å². The van der Waals surface area contributed by atoms with Gasteiger partial charge in [-0.25, -0.2) is 9.18 Å². The Kier molecular flexibility index (Phi) is 5.76. The first-order valence-electron chi connectivity index (χ1n) is 8.24. The van der Waals surface area contributed by atoms with Crippen molar-refractivity contribution in [1.82, 2.24) is 10.6 Å². The predicted molar refractivity (Wildman–Crippen MR) is 93.6 cm³/mol. The maximum atomic E-state index is 13.4. The van der Waals surface area contributed by atoms with Gasteiger partial charge in [-0.15, -0.1) is 0 Å². The molecular formula is C18H26ClFN2O2. The van der Waals surface area contributed by atoms with E-state index in [-0.39, 0.29) is 11.4 Å². The molecule has 0 spiro atoms. The predicted octanol–water partition coefficient (Wildman–Crippen LogP) is 4.26. The van der Waals surface area contributed by atoms with Gasteiger partial charge < -0.3 is 15.4 Å². The van der Waals surface area contributed by atoms with Crippen molar-refractivity contribution in [2.45, 2.75) is 58.2 Å². The number of ether oxygens (including phenoxy) is 1. The van der Waals surface area contributed by atoms with E-state index in [0.29, 0.717) is 24.0 Å². The van der Waals surface area contributed by atoms with Crippen molar-refractivity contribution < 1.29 is 13.9 Å². The molecular weight excluding hydrogens is 331 g/mol. The molecule has 6 heteroatoms. The van der Waals surface area contributed by atoms with Crippen LogP contribution in [-0.2, 0) is 11.3 Å². The number of hydrogen-bond donors (Lipinski definition) is 2. The lowest BCUT2D eigenvalue weighted by molar-refractivity contribution is 0.0507. The highest BCUT2D eigenvalue weighted by atomic mass is 35.5. The smallest absolute Gasteiger partial charge is 0.407 e. The molecule has 24 heavy (non-hydrogen) atoms. The average molecular weight is 357 g/mol. The minimum Gasteiger partial charge on any atom is -0.444 e. The standard InChI is InChI=1S/C18H26ClFN2O2/c1-17(2,3)24-16(23)21-11-18(4,13-5-6-13)22-10-12-7-14(19)9-15(20)8-12/h7-9,13,22H,5-6,10-11H2,1-4H3,(H,21,23). The van der Waals surface area contributed by atoms with E-state index in [1.54, 1.807) is 6.07 Å². The summed E-state index contributed by atoms with van der Waals surface area (Å²) in [4.78, 5) is 11.9. The highest BCUT2D eigenvalue weighted by Crippen LogP contribution is 2.39. The number of nitrogens with one attached hydrogen (secondary N) is 2. The number of alkyl carbamates (subject to hydrolysis) is 1. The molecule has 0 aromatic heterocycles. The van der Waals surface area contributed by atoms with Gasteiger partial charge in [-0.1, -0.05) is 11.6 Å². The first kappa shape index (κ1) is 19.0. The fourth-order valence-electron chi connectivity index (χ4n) is 2.66. The Balaban J connectivity index is 1.94. The number of carbonyl (C=O) groups excluding carboxylic acids is 1. The number of benzene rings is 1. The number of halogens is 2. The Morgan fingerprint density at radius 3 is 2.50 bits per heavy atom. The van der Waals surface area contributed by atoms with Crippen LogP contribution in [0.1, 0.15) is 46.1 Å². The normalized spacial score (nSPS) is 17.2. The van der Waals surface area contributed by atoms with Gasteiger partial charge in [0.1, 0.15) is 11.4 Å². The van der Waals surface area contributed by atoms with Crippen LogP contribution in [0.4, 0.5) is 9.18 Å². The number of rotatable bonds is 6. The van der Waals surface area contributed by atoms with Crippen molar-refractivity contribution in [3.8, 4) is 0 Å². The van der Waals surface area contributed by atoms with Crippen LogP contribution < -0.4 is 10.6 Å². The van der Waals surface area contributed by atoms with Crippen LogP contribution >= 0.6 is 11.6 Å². The zero-order valence-corrected chi connectivity index (χ0v) is 15.5. The molecule has 1 aromatic rings. The molecule has 1 fully saturated rings. The SMILES string of the molecule is CC(C)(C)OC(=O)NCC(C)(NCc1cc(F)cc(Cl)c1)C1CC1. The Morgan fingerprint density at radius 2 is 1.96 bits per heavy atom. The van der Waals surface area contributed by atoms with E-state index >= 15 is 0 Å². The van der Waals surface area contributed by atoms with Crippen molar-refractivity contribution in [3.63, 3.8) is 0 Å². The van der Waals surface area contributed by atoms with E-state index in [9.17, 15) is 9.18 Å². The molecule has 1 aliphatic rings. The molecule has 1 saturated carbocycles. The fourth-order valence-corrected chi connectivity index (χ4v) is 2.90. The van der Waals surface area contributed by atoms with Crippen LogP contribution in [0.5, 0.6) is 0 Å². The van der Waals surface area contributed by atoms with E-state index in [1.807, 2.05) is 20.8 Å². The molecule has 0 heterocycles. The lowest BCUT2D eigenvalue weighted by Gasteiger charge is -2.32. The minimum atomic E-state index is -0.522. The second-order valence-electron chi connectivity index (χ2n) is 7.68. The molecule has 1 amide bonds. The largest absolute Gasteiger partial charge is 0.444 e. The maximum Gasteiger partial charge on any atom is 0.407 e. The molecule has 2 rings (SSSR count). The zero-order chi connectivity index (χ0) is 18.0. The molecule has 1 atom stereocenters. The van der Waals surface area contributed by atoms with E-state index < -0.39 is 11.7 Å². The van der Waals surface area contributed by atoms with E-state index in [4.69, 9.17) is 16.3 Å². The van der Waals surface area contributed by atoms with Gasteiger partial charge in [0.25, 0.3) is 0 Å². The lowest BCUT2D eigenvalue weighted by atomic mass is 9.95. The molecule has 0 bridgehead atoms. The summed E-state index contributed by atoms with van der Waals surface area (Å²) < 4.78 is 18.7. The molecule has 0 saturated heterocycles. The molecule has 1 unspecified atom stereocenters. The van der Waals surface area contributed by atoms with Gasteiger partial charge in [-0.3, -0.25) is 0 Å². The van der Waals surface area contributed by atoms with Crippen molar-refractivity contribution in [3.05, 3.63) is 34.6 Å². The quantitative estimate of drug-likeness (QED) is 0.800. The minimum absolute atomic E-state index is 0.268. The highest BCUT2D eigenvalue weighted by Gasteiger charge is 2.41. The van der Waals surface area contributed by atoms with Crippen molar-refractivity contribution in [1.29, 1.82) is 0 Å². The Labute approximate surface area is 148 Å². The first-order valence-corrected chi connectivity index (χ1v) is 8.62. The second-order valence-corrected chi connectivity index (χ2v) is 8.11. The van der Waals surface area contributed by atoms with Gasteiger partial charge in [0, 0.05) is 23.7 Å². The maximum absolute atomic E-state index is 13.4. The van der Waals surface area contributed by atoms with Crippen molar-refractivity contribution >= 4 is 17.7 Å². The lowest BCUT2D eigenvalue weighted by Crippen LogP contribution is -2.53. The summed E-state index contributed by atoms with van der Waals surface area (Å²) in [6.07, 6.45) is 1.80. The van der Waals surface area contributed by atoms with Gasteiger partial charge in [0.15, 0.2) is 0 Å². The third kappa shape index (κ3) is 5.95. The Bertz CT molecular complexity index is 579. The monoisotopic (exact) mass is 356 g/mol. The molecule has 4 nitrogen and oxygen atoms in total. The second kappa shape index (κ2) is 7.28. The van der Waals surface area contributed by atoms with E-state index in [0.717, 1.165) is 18.4 Å². The summed E-state index contributed by atoms with van der Waals surface area (Å²) >= 11 is 5.90. The molecule has 1 aliphatic carbocycles. The highest BCUT2D eigenvalue weighted by molar-refractivity contribution is 6.30. The molecule has 2 N–H and O–H groups in total. The van der Waals surface area contributed by atoms with Crippen molar-refractivity contribution in [2.75, 3.05) is 6.54 Å². The Hall–Kier alpha value is -1.33. The molecule has 0 radical (unpaired) electrons. The number of carbonyl (C=O) groups is 1. The van der Waals surface area contributed by atoms with Crippen molar-refractivity contribution in [2.24, 2.45) is 5.92 Å². The van der Waals surface area contributed by atoms with Gasteiger partial charge in [0.2, 0.25) is 0 Å². The zero-order valence-electron chi connectivity index (χ0n) is 14.7. The number of hydrogen-bond acceptors (Lipinski definition) is 3. The van der Waals surface area contributed by atoms with E-state index in [2.05, 4.69) is 17.6 Å². The van der Waals surface area contributed by atoms with Crippen LogP contribution in [0.2, 0.25) is 5.02 Å². The molecule has 1 aromatic carbocycles. The van der Waals surface area contributed by atoms with Gasteiger partial charge in [-0.05, 0) is 70.2 Å². The summed E-state index contributed by atoms with van der Waals surface area (Å²) in [5.41, 5.74) is -0.00856. The van der Waals surface area contributed by atoms with Crippen LogP contribution in [0.3, 0.4) is 0 Å². The summed E-state index contributed by atoms with van der Waals surface area (Å²) in [5, 5.41) is 6.67. The summed E-state index contributed by atoms with van der Waals surface area (Å²) in [7, 11) is 0. The third-order valence-corrected chi connectivity index (χ3v) is 4.31. The Morgan fingerprint density at radius 1 is 1.29 bits per heavy atom. The number of amides is 1. The molecule has 0 aliphatic heterocycles. The van der Waals surface area contributed by atoms with Crippen LogP contribution in [0.25, 0.3) is 0 Å². The van der Waals surface area contributed by atoms with Gasteiger partial charge in [-0.2, -0.15) is 0 Å². The summed E-state index contributed by atoms with van der Waals surface area (Å²) in [5.74, 6) is 0.135. The fraction of sp³-hybridized carbons (Fsp3) is 0.611. The summed E-state index contributed by atoms with van der Waals surface area (Å²) in [6.45, 7) is 8.51. The van der Waals surface area contributed by atoms with Crippen LogP contribution in [-0.4, -0.2) is 23.8 Å². The van der Waals surface area contributed by atoms with Gasteiger partial charge >= 0.3 is 6.09 Å². The first-order chi connectivity index (χ1) is 11.1. The van der Waals surface area contributed by atoms with E-state index in [1.165, 1.54) is 12.1 Å². The van der Waals surface area contributed by atoms with Gasteiger partial charge in [0.05, 0.1) is 0 Å². The molecule has 134 valence electrons. The topological polar surface area (TPSA) is 50.4 Å². The summed E-state index contributed by atoms with van der Waals surface area (Å²) in [6, 6.07) is 4.49. The van der Waals surface area contributed by atoms with Crippen LogP contribution in [0, 0.1) is 11.7 Å². The third-order valence-electron chi connectivity index (χ3n) is 4.10. The average Bonchev–Trinajstić information content (AvgIpc) is 3.25.